The van der Waals surface area contributed by atoms with E-state index in [-0.39, 0.29) is 30.7 Å². The van der Waals surface area contributed by atoms with Gasteiger partial charge in [0.1, 0.15) is 5.82 Å². The second kappa shape index (κ2) is 8.96. The van der Waals surface area contributed by atoms with Crippen LogP contribution in [0.15, 0.2) is 48.8 Å². The minimum absolute atomic E-state index is 0.0768. The molecule has 0 saturated carbocycles. The van der Waals surface area contributed by atoms with Gasteiger partial charge in [-0.05, 0) is 49.2 Å². The van der Waals surface area contributed by atoms with Gasteiger partial charge in [0.05, 0.1) is 11.3 Å². The molecule has 3 aromatic rings. The second-order valence-electron chi connectivity index (χ2n) is 7.45. The molecule has 172 valence electrons. The van der Waals surface area contributed by atoms with Crippen LogP contribution in [-0.2, 0) is 6.18 Å². The van der Waals surface area contributed by atoms with Gasteiger partial charge in [-0.3, -0.25) is 14.6 Å². The molecule has 4 rings (SSSR count). The van der Waals surface area contributed by atoms with Crippen molar-refractivity contribution in [2.45, 2.75) is 25.1 Å². The van der Waals surface area contributed by atoms with Gasteiger partial charge in [0.15, 0.2) is 11.4 Å². The number of rotatable bonds is 4. The van der Waals surface area contributed by atoms with Gasteiger partial charge < -0.3 is 10.2 Å². The van der Waals surface area contributed by atoms with Gasteiger partial charge in [-0.15, -0.1) is 5.10 Å². The summed E-state index contributed by atoms with van der Waals surface area (Å²) in [5.41, 5.74) is -1.84. The van der Waals surface area contributed by atoms with Gasteiger partial charge in [-0.1, -0.05) is 5.21 Å². The summed E-state index contributed by atoms with van der Waals surface area (Å²) in [6, 6.07) is 7.22. The summed E-state index contributed by atoms with van der Waals surface area (Å²) in [5, 5.41) is 9.84. The number of pyridine rings is 1. The summed E-state index contributed by atoms with van der Waals surface area (Å²) in [5.74, 6) is -1.84. The topological polar surface area (TPSA) is 93.0 Å². The predicted octanol–water partition coefficient (Wildman–Crippen LogP) is 2.85. The highest BCUT2D eigenvalue weighted by Crippen LogP contribution is 2.33. The van der Waals surface area contributed by atoms with E-state index < -0.39 is 29.3 Å². The maximum Gasteiger partial charge on any atom is 0.435 e. The van der Waals surface area contributed by atoms with Crippen molar-refractivity contribution in [2.75, 3.05) is 13.1 Å². The minimum Gasteiger partial charge on any atom is -0.349 e. The number of nitrogens with zero attached hydrogens (tertiary/aromatic N) is 5. The van der Waals surface area contributed by atoms with Crippen LogP contribution in [0, 0.1) is 5.82 Å². The van der Waals surface area contributed by atoms with Gasteiger partial charge in [-0.25, -0.2) is 9.07 Å². The Hall–Kier alpha value is -3.83. The molecule has 1 fully saturated rings. The summed E-state index contributed by atoms with van der Waals surface area (Å²) in [6.07, 6.45) is -1.21. The van der Waals surface area contributed by atoms with Crippen molar-refractivity contribution in [1.82, 2.24) is 30.2 Å². The van der Waals surface area contributed by atoms with Gasteiger partial charge in [0, 0.05) is 31.5 Å². The van der Waals surface area contributed by atoms with Crippen LogP contribution in [-0.4, -0.2) is 55.8 Å². The fourth-order valence-electron chi connectivity index (χ4n) is 3.59. The van der Waals surface area contributed by atoms with E-state index in [9.17, 15) is 27.2 Å². The SMILES string of the molecule is O=C(NC1CCN(C(=O)c2nnn(-c3ccc(F)cc3)c2C(F)(F)F)CC1)c1cccnc1. The van der Waals surface area contributed by atoms with E-state index in [2.05, 4.69) is 20.6 Å². The fraction of sp³-hybridized carbons (Fsp3) is 0.286. The number of carbonyl (C=O) groups excluding carboxylic acids is 2. The number of hydrogen-bond donors (Lipinski definition) is 1. The van der Waals surface area contributed by atoms with Crippen molar-refractivity contribution in [3.05, 3.63) is 71.6 Å². The molecule has 0 aliphatic carbocycles. The lowest BCUT2D eigenvalue weighted by Gasteiger charge is -2.32. The van der Waals surface area contributed by atoms with Crippen LogP contribution in [0.25, 0.3) is 5.69 Å². The Kier molecular flexibility index (Phi) is 6.07. The number of piperidine rings is 1. The molecule has 1 aliphatic rings. The van der Waals surface area contributed by atoms with Gasteiger partial charge in [-0.2, -0.15) is 13.2 Å². The number of carbonyl (C=O) groups is 2. The molecule has 0 radical (unpaired) electrons. The molecule has 8 nitrogen and oxygen atoms in total. The summed E-state index contributed by atoms with van der Waals surface area (Å²) in [4.78, 5) is 30.3. The smallest absolute Gasteiger partial charge is 0.349 e. The average Bonchev–Trinajstić information content (AvgIpc) is 3.26. The molecule has 0 bridgehead atoms. The number of alkyl halides is 3. The third-order valence-electron chi connectivity index (χ3n) is 5.25. The number of nitrogens with one attached hydrogen (secondary N) is 1. The first-order valence-electron chi connectivity index (χ1n) is 10.0. The number of benzene rings is 1. The third-order valence-corrected chi connectivity index (χ3v) is 5.25. The van der Waals surface area contributed by atoms with Crippen LogP contribution < -0.4 is 5.32 Å². The zero-order valence-corrected chi connectivity index (χ0v) is 17.1. The highest BCUT2D eigenvalue weighted by molar-refractivity contribution is 5.94. The molecule has 0 spiro atoms. The average molecular weight is 462 g/mol. The molecule has 0 unspecified atom stereocenters. The van der Waals surface area contributed by atoms with Crippen molar-refractivity contribution in [1.29, 1.82) is 0 Å². The van der Waals surface area contributed by atoms with Gasteiger partial charge >= 0.3 is 6.18 Å². The van der Waals surface area contributed by atoms with Crippen LogP contribution in [0.3, 0.4) is 0 Å². The zero-order valence-electron chi connectivity index (χ0n) is 17.1. The Morgan fingerprint density at radius 1 is 1.06 bits per heavy atom. The van der Waals surface area contributed by atoms with Crippen LogP contribution in [0.5, 0.6) is 0 Å². The van der Waals surface area contributed by atoms with E-state index in [4.69, 9.17) is 0 Å². The third kappa shape index (κ3) is 4.83. The number of halogens is 4. The maximum absolute atomic E-state index is 13.8. The quantitative estimate of drug-likeness (QED) is 0.602. The highest BCUT2D eigenvalue weighted by Gasteiger charge is 2.43. The highest BCUT2D eigenvalue weighted by atomic mass is 19.4. The van der Waals surface area contributed by atoms with E-state index in [0.29, 0.717) is 23.1 Å². The molecule has 3 heterocycles. The Morgan fingerprint density at radius 3 is 2.36 bits per heavy atom. The standard InChI is InChI=1S/C21H18F4N6O2/c22-14-3-5-16(6-4-14)31-18(21(23,24)25)17(28-29-31)20(33)30-10-7-15(8-11-30)27-19(32)13-2-1-9-26-12-13/h1-6,9,12,15H,7-8,10-11H2,(H,27,32). The summed E-state index contributed by atoms with van der Waals surface area (Å²) >= 11 is 0. The summed E-state index contributed by atoms with van der Waals surface area (Å²) in [6.45, 7) is 0.273. The molecule has 1 aliphatic heterocycles. The number of aromatic nitrogens is 4. The molecular weight excluding hydrogens is 444 g/mol. The maximum atomic E-state index is 13.8. The Balaban J connectivity index is 1.48. The Morgan fingerprint density at radius 2 is 1.76 bits per heavy atom. The van der Waals surface area contributed by atoms with Gasteiger partial charge in [0.25, 0.3) is 11.8 Å². The monoisotopic (exact) mass is 462 g/mol. The van der Waals surface area contributed by atoms with Crippen molar-refractivity contribution in [2.24, 2.45) is 0 Å². The first kappa shape index (κ1) is 22.4. The Labute approximate surface area is 185 Å². The molecule has 1 aromatic carbocycles. The Bertz CT molecular complexity index is 1140. The van der Waals surface area contributed by atoms with E-state index in [0.717, 1.165) is 24.3 Å². The largest absolute Gasteiger partial charge is 0.435 e. The lowest BCUT2D eigenvalue weighted by atomic mass is 10.0. The van der Waals surface area contributed by atoms with E-state index >= 15 is 0 Å². The number of likely N-dealkylation sites (tertiary alicyclic amines) is 1. The van der Waals surface area contributed by atoms with E-state index in [1.54, 1.807) is 18.3 Å². The predicted molar refractivity (Wildman–Crippen MR) is 107 cm³/mol. The minimum atomic E-state index is -4.92. The van der Waals surface area contributed by atoms with Crippen LogP contribution in [0.2, 0.25) is 0 Å². The van der Waals surface area contributed by atoms with Crippen molar-refractivity contribution in [3.8, 4) is 5.69 Å². The van der Waals surface area contributed by atoms with Crippen LogP contribution in [0.1, 0.15) is 39.4 Å². The molecule has 0 atom stereocenters. The molecule has 33 heavy (non-hydrogen) atoms. The van der Waals surface area contributed by atoms with E-state index in [1.165, 1.54) is 11.1 Å². The molecule has 1 saturated heterocycles. The molecule has 2 aromatic heterocycles. The molecule has 1 N–H and O–H groups in total. The van der Waals surface area contributed by atoms with Gasteiger partial charge in [0.2, 0.25) is 0 Å². The number of amides is 2. The van der Waals surface area contributed by atoms with Crippen molar-refractivity contribution in [3.63, 3.8) is 0 Å². The first-order valence-corrected chi connectivity index (χ1v) is 10.0. The lowest BCUT2D eigenvalue weighted by Crippen LogP contribution is -2.47. The van der Waals surface area contributed by atoms with Crippen LogP contribution in [0.4, 0.5) is 17.6 Å². The number of hydrogen-bond acceptors (Lipinski definition) is 5. The van der Waals surface area contributed by atoms with Crippen molar-refractivity contribution >= 4 is 11.8 Å². The van der Waals surface area contributed by atoms with E-state index in [1.807, 2.05) is 0 Å². The molecular formula is C21H18F4N6O2. The van der Waals surface area contributed by atoms with Crippen molar-refractivity contribution < 1.29 is 27.2 Å². The first-order chi connectivity index (χ1) is 15.7. The molecule has 12 heteroatoms. The normalized spacial score (nSPS) is 14.8. The zero-order chi connectivity index (χ0) is 23.6. The summed E-state index contributed by atoms with van der Waals surface area (Å²) in [7, 11) is 0. The summed E-state index contributed by atoms with van der Waals surface area (Å²) < 4.78 is 55.1. The van der Waals surface area contributed by atoms with Crippen LogP contribution >= 0.6 is 0 Å². The second-order valence-corrected chi connectivity index (χ2v) is 7.45. The molecule has 2 amide bonds. The lowest BCUT2D eigenvalue weighted by molar-refractivity contribution is -0.143. The fourth-order valence-corrected chi connectivity index (χ4v) is 3.59.